The zero-order chi connectivity index (χ0) is 12.6. The summed E-state index contributed by atoms with van der Waals surface area (Å²) in [6, 6.07) is 0.224. The van der Waals surface area contributed by atoms with Crippen LogP contribution in [0.4, 0.5) is 0 Å². The molecule has 0 radical (unpaired) electrons. The van der Waals surface area contributed by atoms with Crippen LogP contribution in [0.5, 0.6) is 0 Å². The second-order valence-corrected chi connectivity index (χ2v) is 5.92. The summed E-state index contributed by atoms with van der Waals surface area (Å²) in [7, 11) is 0. The minimum absolute atomic E-state index is 0.00323. The van der Waals surface area contributed by atoms with E-state index in [2.05, 4.69) is 12.2 Å². The van der Waals surface area contributed by atoms with Crippen LogP contribution in [0.1, 0.15) is 40.0 Å². The molecule has 1 saturated carbocycles. The first-order valence-corrected chi connectivity index (χ1v) is 6.70. The Morgan fingerprint density at radius 3 is 2.76 bits per heavy atom. The molecule has 1 aliphatic heterocycles. The Bertz CT molecular complexity index is 304. The third-order valence-corrected chi connectivity index (χ3v) is 4.42. The van der Waals surface area contributed by atoms with Gasteiger partial charge in [-0.1, -0.05) is 20.8 Å². The maximum Gasteiger partial charge on any atom is 0.240 e. The molecule has 0 aromatic rings. The van der Waals surface area contributed by atoms with E-state index in [0.717, 1.165) is 32.4 Å². The summed E-state index contributed by atoms with van der Waals surface area (Å²) >= 11 is 0. The van der Waals surface area contributed by atoms with Crippen LogP contribution < -0.4 is 5.32 Å². The highest BCUT2D eigenvalue weighted by Crippen LogP contribution is 2.44. The molecule has 4 nitrogen and oxygen atoms in total. The van der Waals surface area contributed by atoms with Crippen molar-refractivity contribution in [3.63, 3.8) is 0 Å². The molecule has 2 aliphatic rings. The number of hydrogen-bond donors (Lipinski definition) is 2. The van der Waals surface area contributed by atoms with Crippen molar-refractivity contribution < 1.29 is 9.90 Å². The number of hydrogen-bond acceptors (Lipinski definition) is 3. The lowest BCUT2D eigenvalue weighted by Crippen LogP contribution is -2.62. The van der Waals surface area contributed by atoms with Crippen molar-refractivity contribution in [2.75, 3.05) is 13.1 Å². The van der Waals surface area contributed by atoms with Gasteiger partial charge in [-0.05, 0) is 25.8 Å². The predicted octanol–water partition coefficient (Wildman–Crippen LogP) is 0.746. The first-order valence-electron chi connectivity index (χ1n) is 6.70. The van der Waals surface area contributed by atoms with E-state index < -0.39 is 0 Å². The number of carbonyl (C=O) groups is 1. The molecule has 98 valence electrons. The van der Waals surface area contributed by atoms with E-state index >= 15 is 0 Å². The largest absolute Gasteiger partial charge is 0.392 e. The topological polar surface area (TPSA) is 52.6 Å². The van der Waals surface area contributed by atoms with Gasteiger partial charge in [0.1, 0.15) is 0 Å². The van der Waals surface area contributed by atoms with Gasteiger partial charge in [0.2, 0.25) is 5.91 Å². The molecule has 0 spiro atoms. The van der Waals surface area contributed by atoms with E-state index in [9.17, 15) is 9.90 Å². The van der Waals surface area contributed by atoms with Gasteiger partial charge in [-0.25, -0.2) is 0 Å². The molecule has 3 atom stereocenters. The fourth-order valence-electron chi connectivity index (χ4n) is 2.93. The van der Waals surface area contributed by atoms with Crippen LogP contribution >= 0.6 is 0 Å². The third kappa shape index (κ3) is 2.08. The van der Waals surface area contributed by atoms with Crippen LogP contribution in [-0.4, -0.2) is 47.2 Å². The molecular weight excluding hydrogens is 216 g/mol. The maximum atomic E-state index is 12.2. The van der Waals surface area contributed by atoms with E-state index in [1.165, 1.54) is 0 Å². The van der Waals surface area contributed by atoms with E-state index in [1.807, 2.05) is 18.7 Å². The van der Waals surface area contributed by atoms with Gasteiger partial charge in [0.25, 0.3) is 0 Å². The fraction of sp³-hybridized carbons (Fsp3) is 0.923. The number of rotatable bonds is 4. The summed E-state index contributed by atoms with van der Waals surface area (Å²) in [5.74, 6) is 0.225. The number of aliphatic hydroxyl groups is 1. The Kier molecular flexibility index (Phi) is 3.46. The Morgan fingerprint density at radius 2 is 2.24 bits per heavy atom. The molecule has 0 aromatic carbocycles. The van der Waals surface area contributed by atoms with Gasteiger partial charge >= 0.3 is 0 Å². The molecule has 0 aromatic heterocycles. The van der Waals surface area contributed by atoms with Gasteiger partial charge in [-0.3, -0.25) is 4.79 Å². The molecule has 2 fully saturated rings. The van der Waals surface area contributed by atoms with Crippen LogP contribution in [-0.2, 0) is 4.79 Å². The van der Waals surface area contributed by atoms with Gasteiger partial charge < -0.3 is 15.3 Å². The Balaban J connectivity index is 1.94. The molecular formula is C13H24N2O2. The van der Waals surface area contributed by atoms with Crippen LogP contribution in [0, 0.1) is 5.41 Å². The summed E-state index contributed by atoms with van der Waals surface area (Å²) in [5, 5.41) is 13.0. The van der Waals surface area contributed by atoms with Crippen molar-refractivity contribution >= 4 is 5.91 Å². The van der Waals surface area contributed by atoms with Crippen molar-refractivity contribution in [2.45, 2.75) is 58.2 Å². The van der Waals surface area contributed by atoms with Crippen molar-refractivity contribution in [3.05, 3.63) is 0 Å². The van der Waals surface area contributed by atoms with Gasteiger partial charge in [0.05, 0.1) is 12.1 Å². The van der Waals surface area contributed by atoms with Gasteiger partial charge in [0.15, 0.2) is 0 Å². The Labute approximate surface area is 103 Å². The number of carbonyl (C=O) groups excluding carboxylic acids is 1. The molecule has 1 saturated heterocycles. The monoisotopic (exact) mass is 240 g/mol. The highest BCUT2D eigenvalue weighted by Gasteiger charge is 2.53. The van der Waals surface area contributed by atoms with Gasteiger partial charge in [-0.2, -0.15) is 0 Å². The van der Waals surface area contributed by atoms with E-state index in [1.54, 1.807) is 0 Å². The van der Waals surface area contributed by atoms with Gasteiger partial charge in [-0.15, -0.1) is 0 Å². The Hall–Kier alpha value is -0.610. The molecule has 1 heterocycles. The standard InChI is InChI=1S/C13H24N2O2/c1-4-6-14-9-5-7-15(12(9)17)10-8-11(16)13(10,2)3/h9-11,14,16H,4-8H2,1-3H3. The summed E-state index contributed by atoms with van der Waals surface area (Å²) < 4.78 is 0. The number of likely N-dealkylation sites (tertiary alicyclic amines) is 1. The van der Waals surface area contributed by atoms with Crippen molar-refractivity contribution in [1.29, 1.82) is 0 Å². The highest BCUT2D eigenvalue weighted by atomic mass is 16.3. The molecule has 4 heteroatoms. The fourth-order valence-corrected chi connectivity index (χ4v) is 2.93. The van der Waals surface area contributed by atoms with E-state index in [0.29, 0.717) is 0 Å². The average Bonchev–Trinajstić information content (AvgIpc) is 2.64. The van der Waals surface area contributed by atoms with Crippen molar-refractivity contribution in [3.8, 4) is 0 Å². The summed E-state index contributed by atoms with van der Waals surface area (Å²) in [5.41, 5.74) is -0.144. The SMILES string of the molecule is CCCNC1CCN(C2CC(O)C2(C)C)C1=O. The normalized spacial score (nSPS) is 36.1. The molecule has 1 aliphatic carbocycles. The smallest absolute Gasteiger partial charge is 0.240 e. The molecule has 3 unspecified atom stereocenters. The minimum atomic E-state index is -0.261. The second kappa shape index (κ2) is 4.58. The predicted molar refractivity (Wildman–Crippen MR) is 66.6 cm³/mol. The van der Waals surface area contributed by atoms with E-state index in [4.69, 9.17) is 0 Å². The summed E-state index contributed by atoms with van der Waals surface area (Å²) in [6.07, 6.45) is 2.43. The average molecular weight is 240 g/mol. The lowest BCUT2D eigenvalue weighted by atomic mass is 9.64. The van der Waals surface area contributed by atoms with Crippen LogP contribution in [0.15, 0.2) is 0 Å². The zero-order valence-electron chi connectivity index (χ0n) is 11.1. The number of nitrogens with zero attached hydrogens (tertiary/aromatic N) is 1. The minimum Gasteiger partial charge on any atom is -0.392 e. The van der Waals surface area contributed by atoms with E-state index in [-0.39, 0.29) is 29.5 Å². The first-order chi connectivity index (χ1) is 7.98. The second-order valence-electron chi connectivity index (χ2n) is 5.92. The number of amides is 1. The van der Waals surface area contributed by atoms with Crippen molar-refractivity contribution in [2.24, 2.45) is 5.41 Å². The van der Waals surface area contributed by atoms with Crippen LogP contribution in [0.25, 0.3) is 0 Å². The molecule has 0 bridgehead atoms. The maximum absolute atomic E-state index is 12.2. The molecule has 1 amide bonds. The molecule has 2 rings (SSSR count). The van der Waals surface area contributed by atoms with Crippen molar-refractivity contribution in [1.82, 2.24) is 10.2 Å². The lowest BCUT2D eigenvalue weighted by molar-refractivity contribution is -0.151. The molecule has 2 N–H and O–H groups in total. The first kappa shape index (κ1) is 12.8. The quantitative estimate of drug-likeness (QED) is 0.762. The summed E-state index contributed by atoms with van der Waals surface area (Å²) in [4.78, 5) is 14.2. The molecule has 17 heavy (non-hydrogen) atoms. The van der Waals surface area contributed by atoms with Crippen LogP contribution in [0.2, 0.25) is 0 Å². The third-order valence-electron chi connectivity index (χ3n) is 4.42. The summed E-state index contributed by atoms with van der Waals surface area (Å²) in [6.45, 7) is 7.94. The number of nitrogens with one attached hydrogen (secondary N) is 1. The zero-order valence-corrected chi connectivity index (χ0v) is 11.1. The van der Waals surface area contributed by atoms with Gasteiger partial charge in [0, 0.05) is 18.0 Å². The number of aliphatic hydroxyl groups excluding tert-OH is 1. The van der Waals surface area contributed by atoms with Crippen LogP contribution in [0.3, 0.4) is 0 Å². The highest BCUT2D eigenvalue weighted by molar-refractivity contribution is 5.84. The Morgan fingerprint density at radius 1 is 1.53 bits per heavy atom. The lowest BCUT2D eigenvalue weighted by Gasteiger charge is -2.53.